The SMILES string of the molecule is O=C(Nc1ccccc1)C1CCCN(CCOCC(F)(F)F)C1. The lowest BCUT2D eigenvalue weighted by molar-refractivity contribution is -0.174. The molecule has 1 aliphatic rings. The summed E-state index contributed by atoms with van der Waals surface area (Å²) in [5, 5.41) is 2.87. The fraction of sp³-hybridized carbons (Fsp3) is 0.562. The largest absolute Gasteiger partial charge is 0.411 e. The van der Waals surface area contributed by atoms with Gasteiger partial charge in [0.2, 0.25) is 5.91 Å². The summed E-state index contributed by atoms with van der Waals surface area (Å²) in [5.74, 6) is -0.191. The van der Waals surface area contributed by atoms with Crippen molar-refractivity contribution in [2.24, 2.45) is 5.92 Å². The highest BCUT2D eigenvalue weighted by molar-refractivity contribution is 5.92. The van der Waals surface area contributed by atoms with Gasteiger partial charge < -0.3 is 15.0 Å². The van der Waals surface area contributed by atoms with Crippen molar-refractivity contribution in [3.8, 4) is 0 Å². The second-order valence-corrected chi connectivity index (χ2v) is 5.66. The molecule has 23 heavy (non-hydrogen) atoms. The van der Waals surface area contributed by atoms with Crippen LogP contribution in [0.25, 0.3) is 0 Å². The summed E-state index contributed by atoms with van der Waals surface area (Å²) < 4.78 is 40.6. The molecule has 1 fully saturated rings. The Morgan fingerprint density at radius 2 is 2.04 bits per heavy atom. The van der Waals surface area contributed by atoms with Gasteiger partial charge in [-0.15, -0.1) is 0 Å². The average molecular weight is 330 g/mol. The molecule has 1 heterocycles. The Kier molecular flexibility index (Phi) is 6.41. The van der Waals surface area contributed by atoms with E-state index in [1.54, 1.807) is 0 Å². The van der Waals surface area contributed by atoms with Gasteiger partial charge in [0, 0.05) is 18.8 Å². The summed E-state index contributed by atoms with van der Waals surface area (Å²) in [5.41, 5.74) is 0.753. The number of carbonyl (C=O) groups is 1. The van der Waals surface area contributed by atoms with Crippen molar-refractivity contribution in [2.75, 3.05) is 38.2 Å². The zero-order chi connectivity index (χ0) is 16.7. The molecule has 1 aromatic rings. The summed E-state index contributed by atoms with van der Waals surface area (Å²) in [6.07, 6.45) is -2.65. The molecule has 7 heteroatoms. The molecule has 0 aromatic heterocycles. The lowest BCUT2D eigenvalue weighted by Gasteiger charge is -2.31. The highest BCUT2D eigenvalue weighted by Crippen LogP contribution is 2.19. The first kappa shape index (κ1) is 17.7. The maximum Gasteiger partial charge on any atom is 0.411 e. The molecular weight excluding hydrogens is 309 g/mol. The van der Waals surface area contributed by atoms with Gasteiger partial charge in [0.25, 0.3) is 0 Å². The number of amides is 1. The van der Waals surface area contributed by atoms with Crippen LogP contribution in [0.1, 0.15) is 12.8 Å². The number of hydrogen-bond acceptors (Lipinski definition) is 3. The number of benzene rings is 1. The van der Waals surface area contributed by atoms with Gasteiger partial charge in [0.1, 0.15) is 6.61 Å². The van der Waals surface area contributed by atoms with Crippen molar-refractivity contribution in [1.82, 2.24) is 4.90 Å². The maximum absolute atomic E-state index is 12.3. The summed E-state index contributed by atoms with van der Waals surface area (Å²) in [4.78, 5) is 14.2. The third kappa shape index (κ3) is 6.58. The number of halogens is 3. The molecule has 0 saturated carbocycles. The van der Waals surface area contributed by atoms with E-state index in [1.165, 1.54) is 0 Å². The zero-order valence-corrected chi connectivity index (χ0v) is 12.8. The van der Waals surface area contributed by atoms with Gasteiger partial charge in [0.15, 0.2) is 0 Å². The fourth-order valence-electron chi connectivity index (χ4n) is 2.62. The van der Waals surface area contributed by atoms with Crippen LogP contribution in [0, 0.1) is 5.92 Å². The molecule has 1 atom stereocenters. The molecule has 0 aliphatic carbocycles. The normalized spacial score (nSPS) is 19.5. The monoisotopic (exact) mass is 330 g/mol. The first-order valence-corrected chi connectivity index (χ1v) is 7.67. The molecule has 0 spiro atoms. The highest BCUT2D eigenvalue weighted by Gasteiger charge is 2.28. The molecule has 128 valence electrons. The molecule has 0 bridgehead atoms. The van der Waals surface area contributed by atoms with Crippen molar-refractivity contribution in [3.63, 3.8) is 0 Å². The van der Waals surface area contributed by atoms with E-state index in [-0.39, 0.29) is 18.4 Å². The molecule has 4 nitrogen and oxygen atoms in total. The summed E-state index contributed by atoms with van der Waals surface area (Å²) in [6, 6.07) is 9.22. The van der Waals surface area contributed by atoms with E-state index < -0.39 is 12.8 Å². The summed E-state index contributed by atoms with van der Waals surface area (Å²) in [7, 11) is 0. The number of likely N-dealkylation sites (tertiary alicyclic amines) is 1. The third-order valence-corrected chi connectivity index (χ3v) is 3.74. The number of ether oxygens (including phenoxy) is 1. The minimum Gasteiger partial charge on any atom is -0.371 e. The number of nitrogens with one attached hydrogen (secondary N) is 1. The van der Waals surface area contributed by atoms with E-state index >= 15 is 0 Å². The van der Waals surface area contributed by atoms with Gasteiger partial charge in [-0.3, -0.25) is 4.79 Å². The lowest BCUT2D eigenvalue weighted by atomic mass is 9.97. The van der Waals surface area contributed by atoms with E-state index in [9.17, 15) is 18.0 Å². The van der Waals surface area contributed by atoms with Crippen molar-refractivity contribution < 1.29 is 22.7 Å². The van der Waals surface area contributed by atoms with Crippen molar-refractivity contribution in [1.29, 1.82) is 0 Å². The number of anilines is 1. The first-order chi connectivity index (χ1) is 10.9. The second kappa shape index (κ2) is 8.31. The summed E-state index contributed by atoms with van der Waals surface area (Å²) in [6.45, 7) is 0.537. The Morgan fingerprint density at radius 3 is 2.74 bits per heavy atom. The van der Waals surface area contributed by atoms with Gasteiger partial charge in [0.05, 0.1) is 12.5 Å². The Balaban J connectivity index is 1.73. The minimum absolute atomic E-state index is 0.0204. The standard InChI is InChI=1S/C16H21F3N2O2/c17-16(18,19)12-23-10-9-21-8-4-5-13(11-21)15(22)20-14-6-2-1-3-7-14/h1-3,6-7,13H,4-5,8-12H2,(H,20,22). The summed E-state index contributed by atoms with van der Waals surface area (Å²) >= 11 is 0. The van der Waals surface area contributed by atoms with Gasteiger partial charge >= 0.3 is 6.18 Å². The van der Waals surface area contributed by atoms with Gasteiger partial charge in [-0.05, 0) is 31.5 Å². The van der Waals surface area contributed by atoms with Crippen molar-refractivity contribution in [2.45, 2.75) is 19.0 Å². The number of nitrogens with zero attached hydrogens (tertiary/aromatic N) is 1. The lowest BCUT2D eigenvalue weighted by Crippen LogP contribution is -2.42. The zero-order valence-electron chi connectivity index (χ0n) is 12.8. The Bertz CT molecular complexity index is 494. The van der Waals surface area contributed by atoms with E-state index in [0.29, 0.717) is 13.1 Å². The molecule has 1 N–H and O–H groups in total. The van der Waals surface area contributed by atoms with Crippen LogP contribution in [0.3, 0.4) is 0 Å². The smallest absolute Gasteiger partial charge is 0.371 e. The van der Waals surface area contributed by atoms with Crippen LogP contribution < -0.4 is 5.32 Å². The molecule has 1 aromatic carbocycles. The van der Waals surface area contributed by atoms with Crippen LogP contribution in [-0.4, -0.2) is 49.8 Å². The van der Waals surface area contributed by atoms with E-state index in [2.05, 4.69) is 10.1 Å². The molecule has 1 unspecified atom stereocenters. The van der Waals surface area contributed by atoms with E-state index in [4.69, 9.17) is 0 Å². The molecule has 2 rings (SSSR count). The van der Waals surface area contributed by atoms with Gasteiger partial charge in [-0.1, -0.05) is 18.2 Å². The Labute approximate surface area is 133 Å². The fourth-order valence-corrected chi connectivity index (χ4v) is 2.62. The molecule has 0 radical (unpaired) electrons. The number of hydrogen-bond donors (Lipinski definition) is 1. The molecule has 1 amide bonds. The van der Waals surface area contributed by atoms with E-state index in [1.807, 2.05) is 35.2 Å². The number of carbonyl (C=O) groups excluding carboxylic acids is 1. The first-order valence-electron chi connectivity index (χ1n) is 7.67. The van der Waals surface area contributed by atoms with Crippen LogP contribution in [-0.2, 0) is 9.53 Å². The number of para-hydroxylation sites is 1. The van der Waals surface area contributed by atoms with Crippen LogP contribution in [0.5, 0.6) is 0 Å². The van der Waals surface area contributed by atoms with Crippen LogP contribution >= 0.6 is 0 Å². The van der Waals surface area contributed by atoms with Gasteiger partial charge in [-0.2, -0.15) is 13.2 Å². The second-order valence-electron chi connectivity index (χ2n) is 5.66. The minimum atomic E-state index is -4.29. The Hall–Kier alpha value is -1.60. The van der Waals surface area contributed by atoms with Gasteiger partial charge in [-0.25, -0.2) is 0 Å². The molecule has 1 aliphatic heterocycles. The predicted molar refractivity (Wildman–Crippen MR) is 81.1 cm³/mol. The molecular formula is C16H21F3N2O2. The van der Waals surface area contributed by atoms with Crippen LogP contribution in [0.15, 0.2) is 30.3 Å². The topological polar surface area (TPSA) is 41.6 Å². The number of rotatable bonds is 6. The van der Waals surface area contributed by atoms with Crippen molar-refractivity contribution in [3.05, 3.63) is 30.3 Å². The highest BCUT2D eigenvalue weighted by atomic mass is 19.4. The van der Waals surface area contributed by atoms with Crippen molar-refractivity contribution >= 4 is 11.6 Å². The quantitative estimate of drug-likeness (QED) is 0.816. The van der Waals surface area contributed by atoms with Crippen LogP contribution in [0.4, 0.5) is 18.9 Å². The number of alkyl halides is 3. The number of piperidine rings is 1. The maximum atomic E-state index is 12.3. The molecule has 1 saturated heterocycles. The Morgan fingerprint density at radius 1 is 1.30 bits per heavy atom. The predicted octanol–water partition coefficient (Wildman–Crippen LogP) is 2.92. The van der Waals surface area contributed by atoms with Crippen LogP contribution in [0.2, 0.25) is 0 Å². The van der Waals surface area contributed by atoms with E-state index in [0.717, 1.165) is 25.1 Å². The third-order valence-electron chi connectivity index (χ3n) is 3.74. The average Bonchev–Trinajstić information content (AvgIpc) is 2.52.